The maximum atomic E-state index is 14.0. The first-order valence-corrected chi connectivity index (χ1v) is 10.2. The lowest BCUT2D eigenvalue weighted by atomic mass is 9.90. The summed E-state index contributed by atoms with van der Waals surface area (Å²) >= 11 is 0. The van der Waals surface area contributed by atoms with Crippen molar-refractivity contribution in [1.82, 2.24) is 4.98 Å². The van der Waals surface area contributed by atoms with Crippen LogP contribution < -0.4 is 9.46 Å². The summed E-state index contributed by atoms with van der Waals surface area (Å²) in [6.07, 6.45) is 0.654. The fraction of sp³-hybridized carbons (Fsp3) is 0.421. The number of aromatic nitrogens is 1. The molecule has 1 saturated heterocycles. The van der Waals surface area contributed by atoms with Gasteiger partial charge in [-0.1, -0.05) is 0 Å². The lowest BCUT2D eigenvalue weighted by Crippen LogP contribution is -2.41. The molecule has 2 aromatic rings. The van der Waals surface area contributed by atoms with Crippen molar-refractivity contribution < 1.29 is 31.4 Å². The highest BCUT2D eigenvalue weighted by Crippen LogP contribution is 2.45. The summed E-state index contributed by atoms with van der Waals surface area (Å²) in [6, 6.07) is 3.62. The molecule has 0 bridgehead atoms. The van der Waals surface area contributed by atoms with Crippen LogP contribution in [0.5, 0.6) is 5.88 Å². The van der Waals surface area contributed by atoms with Gasteiger partial charge >= 0.3 is 0 Å². The fourth-order valence-electron chi connectivity index (χ4n) is 2.71. The van der Waals surface area contributed by atoms with E-state index in [4.69, 9.17) is 14.2 Å². The van der Waals surface area contributed by atoms with Crippen molar-refractivity contribution in [1.29, 1.82) is 0 Å². The Bertz CT molecular complexity index is 1020. The average molecular weight is 428 g/mol. The molecule has 1 aliphatic rings. The summed E-state index contributed by atoms with van der Waals surface area (Å²) in [5.74, 6) is -2.13. The molecule has 0 unspecified atom stereocenters. The molecular formula is C19H22F2N2O5S. The zero-order valence-electron chi connectivity index (χ0n) is 16.6. The number of halogens is 2. The molecule has 1 aromatic heterocycles. The van der Waals surface area contributed by atoms with Gasteiger partial charge in [-0.25, -0.2) is 22.2 Å². The maximum Gasteiger partial charge on any atom is 0.264 e. The summed E-state index contributed by atoms with van der Waals surface area (Å²) in [5.41, 5.74) is -0.798. The normalized spacial score (nSPS) is 18.6. The largest absolute Gasteiger partial charge is 0.480 e. The molecule has 1 aliphatic heterocycles. The van der Waals surface area contributed by atoms with E-state index in [1.807, 2.05) is 27.7 Å². The molecule has 0 amide bonds. The SMILES string of the molecule is COc1ncc(C2OC(C)(C)C(C)(C)O2)cc1NS(=O)(=O)c1ccc(F)cc1F. The number of ether oxygens (including phenoxy) is 3. The summed E-state index contributed by atoms with van der Waals surface area (Å²) in [7, 11) is -3.06. The van der Waals surface area contributed by atoms with E-state index >= 15 is 0 Å². The molecule has 2 heterocycles. The van der Waals surface area contributed by atoms with Crippen molar-refractivity contribution in [3.05, 3.63) is 47.7 Å². The quantitative estimate of drug-likeness (QED) is 0.780. The number of benzene rings is 1. The minimum Gasteiger partial charge on any atom is -0.480 e. The van der Waals surface area contributed by atoms with Crippen molar-refractivity contribution >= 4 is 15.7 Å². The summed E-state index contributed by atoms with van der Waals surface area (Å²) in [4.78, 5) is 3.38. The Kier molecular flexibility index (Phi) is 5.31. The minimum atomic E-state index is -4.37. The monoisotopic (exact) mass is 428 g/mol. The fourth-order valence-corrected chi connectivity index (χ4v) is 3.81. The highest BCUT2D eigenvalue weighted by Gasteiger charge is 2.49. The van der Waals surface area contributed by atoms with Gasteiger partial charge in [-0.2, -0.15) is 0 Å². The Morgan fingerprint density at radius 1 is 1.10 bits per heavy atom. The van der Waals surface area contributed by atoms with Crippen LogP contribution in [0, 0.1) is 11.6 Å². The summed E-state index contributed by atoms with van der Waals surface area (Å²) in [5, 5.41) is 0. The van der Waals surface area contributed by atoms with Crippen LogP contribution >= 0.6 is 0 Å². The Morgan fingerprint density at radius 2 is 1.72 bits per heavy atom. The lowest BCUT2D eigenvalue weighted by molar-refractivity contribution is -0.0897. The summed E-state index contributed by atoms with van der Waals surface area (Å²) in [6.45, 7) is 7.52. The number of hydrogen-bond acceptors (Lipinski definition) is 6. The Hall–Kier alpha value is -2.30. The molecule has 0 aliphatic carbocycles. The second-order valence-electron chi connectivity index (χ2n) is 7.59. The number of sulfonamides is 1. The first-order valence-electron chi connectivity index (χ1n) is 8.74. The van der Waals surface area contributed by atoms with E-state index < -0.39 is 44.0 Å². The van der Waals surface area contributed by atoms with Crippen LogP contribution in [0.4, 0.5) is 14.5 Å². The third-order valence-electron chi connectivity index (χ3n) is 5.02. The molecule has 29 heavy (non-hydrogen) atoms. The Balaban J connectivity index is 1.96. The molecule has 158 valence electrons. The van der Waals surface area contributed by atoms with Gasteiger partial charge in [0, 0.05) is 17.8 Å². The molecule has 0 atom stereocenters. The number of nitrogens with zero attached hydrogens (tertiary/aromatic N) is 1. The third-order valence-corrected chi connectivity index (χ3v) is 6.42. The van der Waals surface area contributed by atoms with E-state index in [0.29, 0.717) is 11.6 Å². The number of pyridine rings is 1. The topological polar surface area (TPSA) is 86.8 Å². The predicted octanol–water partition coefficient (Wildman–Crippen LogP) is 3.77. The first-order chi connectivity index (χ1) is 13.4. The van der Waals surface area contributed by atoms with Crippen LogP contribution in [-0.2, 0) is 19.5 Å². The second-order valence-corrected chi connectivity index (χ2v) is 9.24. The molecule has 0 spiro atoms. The van der Waals surface area contributed by atoms with Gasteiger partial charge in [0.2, 0.25) is 5.88 Å². The third kappa shape index (κ3) is 4.05. The second kappa shape index (κ2) is 7.19. The van der Waals surface area contributed by atoms with E-state index in [9.17, 15) is 17.2 Å². The lowest BCUT2D eigenvalue weighted by Gasteiger charge is -2.30. The first kappa shape index (κ1) is 21.4. The molecule has 1 aromatic carbocycles. The smallest absolute Gasteiger partial charge is 0.264 e. The van der Waals surface area contributed by atoms with Crippen LogP contribution in [0.3, 0.4) is 0 Å². The minimum absolute atomic E-state index is 0.0311. The van der Waals surface area contributed by atoms with Gasteiger partial charge in [0.1, 0.15) is 22.2 Å². The molecule has 10 heteroatoms. The van der Waals surface area contributed by atoms with Gasteiger partial charge in [-0.05, 0) is 45.9 Å². The Morgan fingerprint density at radius 3 is 2.28 bits per heavy atom. The van der Waals surface area contributed by atoms with Crippen LogP contribution in [0.15, 0.2) is 35.4 Å². The molecular weight excluding hydrogens is 406 g/mol. The highest BCUT2D eigenvalue weighted by atomic mass is 32.2. The van der Waals surface area contributed by atoms with Gasteiger partial charge in [-0.3, -0.25) is 4.72 Å². The van der Waals surface area contributed by atoms with Gasteiger partial charge in [0.05, 0.1) is 18.3 Å². The van der Waals surface area contributed by atoms with E-state index in [-0.39, 0.29) is 11.6 Å². The zero-order chi connectivity index (χ0) is 21.6. The molecule has 0 saturated carbocycles. The molecule has 0 radical (unpaired) electrons. The summed E-state index contributed by atoms with van der Waals surface area (Å²) < 4.78 is 71.6. The van der Waals surface area contributed by atoms with Gasteiger partial charge in [0.15, 0.2) is 6.29 Å². The molecule has 1 fully saturated rings. The zero-order valence-corrected chi connectivity index (χ0v) is 17.4. The number of methoxy groups -OCH3 is 1. The van der Waals surface area contributed by atoms with Crippen molar-refractivity contribution in [2.75, 3.05) is 11.8 Å². The molecule has 7 nitrogen and oxygen atoms in total. The van der Waals surface area contributed by atoms with Crippen LogP contribution in [0.2, 0.25) is 0 Å². The van der Waals surface area contributed by atoms with E-state index in [0.717, 1.165) is 12.1 Å². The van der Waals surface area contributed by atoms with E-state index in [1.165, 1.54) is 19.4 Å². The van der Waals surface area contributed by atoms with Crippen molar-refractivity contribution in [2.45, 2.75) is 50.1 Å². The predicted molar refractivity (Wildman–Crippen MR) is 101 cm³/mol. The van der Waals surface area contributed by atoms with Gasteiger partial charge in [-0.15, -0.1) is 0 Å². The molecule has 3 rings (SSSR count). The van der Waals surface area contributed by atoms with Crippen LogP contribution in [-0.4, -0.2) is 31.7 Å². The number of anilines is 1. The van der Waals surface area contributed by atoms with Gasteiger partial charge in [0.25, 0.3) is 10.0 Å². The maximum absolute atomic E-state index is 14.0. The Labute approximate surface area is 168 Å². The standard InChI is InChI=1S/C19H22F2N2O5S/c1-18(2)19(3,4)28-17(27-18)11-8-14(16(26-5)22-10-11)23-29(24,25)15-7-6-12(20)9-13(15)21/h6-10,17,23H,1-5H3. The van der Waals surface area contributed by atoms with Crippen molar-refractivity contribution in [2.24, 2.45) is 0 Å². The van der Waals surface area contributed by atoms with Crippen molar-refractivity contribution in [3.63, 3.8) is 0 Å². The molecule has 1 N–H and O–H groups in total. The average Bonchev–Trinajstić information content (AvgIpc) is 2.81. The van der Waals surface area contributed by atoms with E-state index in [1.54, 1.807) is 0 Å². The van der Waals surface area contributed by atoms with Crippen molar-refractivity contribution in [3.8, 4) is 5.88 Å². The highest BCUT2D eigenvalue weighted by molar-refractivity contribution is 7.92. The van der Waals surface area contributed by atoms with Gasteiger partial charge < -0.3 is 14.2 Å². The number of nitrogens with one attached hydrogen (secondary N) is 1. The number of rotatable bonds is 5. The van der Waals surface area contributed by atoms with Crippen LogP contribution in [0.25, 0.3) is 0 Å². The van der Waals surface area contributed by atoms with Crippen LogP contribution in [0.1, 0.15) is 39.5 Å². The van der Waals surface area contributed by atoms with E-state index in [2.05, 4.69) is 9.71 Å². The number of hydrogen-bond donors (Lipinski definition) is 1.